The summed E-state index contributed by atoms with van der Waals surface area (Å²) in [6.07, 6.45) is 18.4. The number of hydrogen-bond donors (Lipinski definition) is 0. The predicted octanol–water partition coefficient (Wildman–Crippen LogP) is 10.9. The summed E-state index contributed by atoms with van der Waals surface area (Å²) in [6, 6.07) is 42.8. The Bertz CT molecular complexity index is 2190. The molecule has 2 nitrogen and oxygen atoms in total. The smallest absolute Gasteiger partial charge is 0.0629 e. The molecule has 6 aromatic rings. The Morgan fingerprint density at radius 1 is 0.568 bits per heavy atom. The fraction of sp³-hybridized carbons (Fsp3) is 0.0952. The first kappa shape index (κ1) is 25.2. The molecule has 0 saturated heterocycles. The van der Waals surface area contributed by atoms with Crippen LogP contribution >= 0.6 is 0 Å². The standard InChI is InChI=1S/C42H32N2/c1-3-12-29(13-4-1)31-22-24-42-37(27-31)36-19-8-10-21-40(36)44(42)34-17-11-14-30(26-34)32-23-25-41-38(28-32)35-18-7-9-20-39(35)43(41)33-15-5-2-6-16-33/h2-3,5-28,36,40H,1,4H2. The van der Waals surface area contributed by atoms with Crippen LogP contribution in [0.3, 0.4) is 0 Å². The number of allylic oxidation sites excluding steroid dienone is 6. The highest BCUT2D eigenvalue weighted by atomic mass is 15.2. The summed E-state index contributed by atoms with van der Waals surface area (Å²) in [7, 11) is 0. The lowest BCUT2D eigenvalue weighted by molar-refractivity contribution is 0.745. The molecule has 2 atom stereocenters. The Balaban J connectivity index is 1.15. The van der Waals surface area contributed by atoms with Crippen molar-refractivity contribution < 1.29 is 0 Å². The lowest BCUT2D eigenvalue weighted by Crippen LogP contribution is -2.28. The van der Waals surface area contributed by atoms with Gasteiger partial charge in [-0.3, -0.25) is 0 Å². The van der Waals surface area contributed by atoms with Crippen LogP contribution in [-0.4, -0.2) is 10.6 Å². The van der Waals surface area contributed by atoms with Gasteiger partial charge in [0.05, 0.1) is 17.1 Å². The fourth-order valence-corrected chi connectivity index (χ4v) is 7.49. The number of hydrogen-bond acceptors (Lipinski definition) is 1. The molecule has 9 rings (SSSR count). The average molecular weight is 565 g/mol. The molecule has 0 N–H and O–H groups in total. The SMILES string of the molecule is C1=CC2c3cc(C4=CCCC=C4)ccc3N(c3cccc(-c4ccc5c(c4)c4ccccc4n5-c4ccccc4)c3)C2C=C1. The van der Waals surface area contributed by atoms with Crippen LogP contribution < -0.4 is 4.90 Å². The number of anilines is 2. The van der Waals surface area contributed by atoms with E-state index in [0.29, 0.717) is 5.92 Å². The van der Waals surface area contributed by atoms with Crippen molar-refractivity contribution in [3.63, 3.8) is 0 Å². The van der Waals surface area contributed by atoms with Crippen molar-refractivity contribution in [1.82, 2.24) is 4.57 Å². The second-order valence-corrected chi connectivity index (χ2v) is 12.0. The van der Waals surface area contributed by atoms with Gasteiger partial charge in [0.15, 0.2) is 0 Å². The molecule has 44 heavy (non-hydrogen) atoms. The van der Waals surface area contributed by atoms with Gasteiger partial charge in [-0.05, 0) is 95.3 Å². The predicted molar refractivity (Wildman–Crippen MR) is 186 cm³/mol. The van der Waals surface area contributed by atoms with Crippen molar-refractivity contribution in [1.29, 1.82) is 0 Å². The number of nitrogens with zero attached hydrogens (tertiary/aromatic N) is 2. The van der Waals surface area contributed by atoms with E-state index in [1.54, 1.807) is 0 Å². The van der Waals surface area contributed by atoms with E-state index in [0.717, 1.165) is 12.8 Å². The molecule has 3 aliphatic rings. The third-order valence-corrected chi connectivity index (χ3v) is 9.52. The van der Waals surface area contributed by atoms with Crippen molar-refractivity contribution in [2.45, 2.75) is 24.8 Å². The minimum Gasteiger partial charge on any atom is -0.333 e. The van der Waals surface area contributed by atoms with Crippen LogP contribution in [0.1, 0.15) is 29.9 Å². The number of para-hydroxylation sites is 2. The molecule has 0 radical (unpaired) electrons. The maximum Gasteiger partial charge on any atom is 0.0629 e. The Hall–Kier alpha value is -5.34. The summed E-state index contributed by atoms with van der Waals surface area (Å²) in [4.78, 5) is 2.54. The molecular weight excluding hydrogens is 532 g/mol. The molecule has 0 bridgehead atoms. The summed E-state index contributed by atoms with van der Waals surface area (Å²) in [6.45, 7) is 0. The summed E-state index contributed by atoms with van der Waals surface area (Å²) in [5, 5.41) is 2.55. The minimum absolute atomic E-state index is 0.266. The van der Waals surface area contributed by atoms with E-state index in [1.807, 2.05) is 0 Å². The third-order valence-electron chi connectivity index (χ3n) is 9.52. The van der Waals surface area contributed by atoms with Crippen LogP contribution in [0, 0.1) is 0 Å². The second-order valence-electron chi connectivity index (χ2n) is 12.0. The Kier molecular flexibility index (Phi) is 5.80. The third kappa shape index (κ3) is 3.95. The molecule has 2 aliphatic carbocycles. The van der Waals surface area contributed by atoms with Gasteiger partial charge in [-0.2, -0.15) is 0 Å². The van der Waals surface area contributed by atoms with E-state index in [2.05, 4.69) is 167 Å². The van der Waals surface area contributed by atoms with E-state index in [9.17, 15) is 0 Å². The van der Waals surface area contributed by atoms with Crippen LogP contribution in [0.15, 0.2) is 158 Å². The summed E-state index contributed by atoms with van der Waals surface area (Å²) >= 11 is 0. The fourth-order valence-electron chi connectivity index (χ4n) is 7.49. The van der Waals surface area contributed by atoms with Gasteiger partial charge < -0.3 is 9.47 Å². The zero-order chi connectivity index (χ0) is 29.0. The van der Waals surface area contributed by atoms with Gasteiger partial charge in [0, 0.05) is 33.8 Å². The first-order valence-corrected chi connectivity index (χ1v) is 15.7. The molecule has 2 heterocycles. The molecule has 1 aliphatic heterocycles. The van der Waals surface area contributed by atoms with Gasteiger partial charge >= 0.3 is 0 Å². The molecule has 0 amide bonds. The molecule has 0 fully saturated rings. The van der Waals surface area contributed by atoms with Gasteiger partial charge in [0.1, 0.15) is 0 Å². The normalized spacial score (nSPS) is 18.5. The van der Waals surface area contributed by atoms with Crippen LogP contribution in [0.25, 0.3) is 44.2 Å². The minimum atomic E-state index is 0.266. The topological polar surface area (TPSA) is 8.17 Å². The van der Waals surface area contributed by atoms with E-state index in [4.69, 9.17) is 0 Å². The average Bonchev–Trinajstić information content (AvgIpc) is 3.61. The highest BCUT2D eigenvalue weighted by Crippen LogP contribution is 2.49. The molecule has 0 spiro atoms. The highest BCUT2D eigenvalue weighted by molar-refractivity contribution is 6.10. The van der Waals surface area contributed by atoms with Gasteiger partial charge in [-0.1, -0.05) is 103 Å². The molecule has 0 saturated carbocycles. The van der Waals surface area contributed by atoms with Crippen LogP contribution in [0.4, 0.5) is 11.4 Å². The van der Waals surface area contributed by atoms with E-state index in [-0.39, 0.29) is 6.04 Å². The zero-order valence-electron chi connectivity index (χ0n) is 24.5. The molecule has 5 aromatic carbocycles. The summed E-state index contributed by atoms with van der Waals surface area (Å²) < 4.78 is 2.38. The summed E-state index contributed by atoms with van der Waals surface area (Å²) in [5.41, 5.74) is 12.7. The molecular formula is C42H32N2. The van der Waals surface area contributed by atoms with Gasteiger partial charge in [-0.15, -0.1) is 0 Å². The summed E-state index contributed by atoms with van der Waals surface area (Å²) in [5.74, 6) is 0.340. The van der Waals surface area contributed by atoms with Crippen LogP contribution in [-0.2, 0) is 0 Å². The number of fused-ring (bicyclic) bond motifs is 6. The number of aromatic nitrogens is 1. The van der Waals surface area contributed by atoms with Crippen LogP contribution in [0.2, 0.25) is 0 Å². The first-order chi connectivity index (χ1) is 21.8. The van der Waals surface area contributed by atoms with E-state index < -0.39 is 0 Å². The molecule has 1 aromatic heterocycles. The van der Waals surface area contributed by atoms with Crippen LogP contribution in [0.5, 0.6) is 0 Å². The van der Waals surface area contributed by atoms with E-state index in [1.165, 1.54) is 66.7 Å². The van der Waals surface area contributed by atoms with Crippen molar-refractivity contribution in [3.8, 4) is 16.8 Å². The largest absolute Gasteiger partial charge is 0.333 e. The Morgan fingerprint density at radius 2 is 1.36 bits per heavy atom. The number of rotatable bonds is 4. The lowest BCUT2D eigenvalue weighted by Gasteiger charge is -2.29. The van der Waals surface area contributed by atoms with Crippen molar-refractivity contribution in [2.24, 2.45) is 0 Å². The Morgan fingerprint density at radius 3 is 2.27 bits per heavy atom. The number of benzene rings is 5. The molecule has 210 valence electrons. The quantitative estimate of drug-likeness (QED) is 0.207. The Labute approximate surface area is 258 Å². The van der Waals surface area contributed by atoms with Gasteiger partial charge in [0.25, 0.3) is 0 Å². The molecule has 2 heteroatoms. The lowest BCUT2D eigenvalue weighted by atomic mass is 9.89. The van der Waals surface area contributed by atoms with Gasteiger partial charge in [0.2, 0.25) is 0 Å². The van der Waals surface area contributed by atoms with Gasteiger partial charge in [-0.25, -0.2) is 0 Å². The van der Waals surface area contributed by atoms with E-state index >= 15 is 0 Å². The zero-order valence-corrected chi connectivity index (χ0v) is 24.5. The second kappa shape index (κ2) is 10.1. The maximum absolute atomic E-state index is 2.54. The van der Waals surface area contributed by atoms with Crippen molar-refractivity contribution >= 4 is 38.8 Å². The maximum atomic E-state index is 2.54. The monoisotopic (exact) mass is 564 g/mol. The molecule has 2 unspecified atom stereocenters. The van der Waals surface area contributed by atoms with Crippen molar-refractivity contribution in [3.05, 3.63) is 169 Å². The highest BCUT2D eigenvalue weighted by Gasteiger charge is 2.37. The first-order valence-electron chi connectivity index (χ1n) is 15.7. The van der Waals surface area contributed by atoms with Crippen molar-refractivity contribution in [2.75, 3.05) is 4.90 Å².